The number of esters is 3. The number of hydrogen-bond acceptors (Lipinski definition) is 12. The van der Waals surface area contributed by atoms with Gasteiger partial charge in [0, 0.05) is 77.8 Å². The molecule has 8 rings (SSSR count). The van der Waals surface area contributed by atoms with Crippen LogP contribution in [0.25, 0.3) is 10.9 Å². The fourth-order valence-electron chi connectivity index (χ4n) is 8.51. The van der Waals surface area contributed by atoms with Crippen LogP contribution in [-0.4, -0.2) is 83.0 Å². The lowest BCUT2D eigenvalue weighted by Gasteiger charge is -2.53. The van der Waals surface area contributed by atoms with Gasteiger partial charge in [-0.1, -0.05) is 35.3 Å². The van der Waals surface area contributed by atoms with Crippen molar-refractivity contribution in [1.29, 1.82) is 0 Å². The summed E-state index contributed by atoms with van der Waals surface area (Å²) in [5, 5.41) is 21.4. The molecule has 13 nitrogen and oxygen atoms in total. The number of halogens is 3. The third kappa shape index (κ3) is 6.74. The van der Waals surface area contributed by atoms with Crippen LogP contribution >= 0.6 is 39.1 Å². The molecule has 5 aromatic rings. The predicted octanol–water partition coefficient (Wildman–Crippen LogP) is 8.35. The lowest BCUT2D eigenvalue weighted by Crippen LogP contribution is -2.59. The SMILES string of the molecule is COC(=O)c1c(C)c2c(c(C)c1O)OC(=O)c1c(C)c(Cl)c(O)c(Cl)c1O2.COC12CC(COC(=O)c3cncc(Br)c3)CN(C)C1Cc1cn(C)c3cccc2c13. The van der Waals surface area contributed by atoms with E-state index < -0.39 is 29.0 Å². The van der Waals surface area contributed by atoms with Crippen molar-refractivity contribution in [3.63, 3.8) is 0 Å². The number of rotatable bonds is 5. The summed E-state index contributed by atoms with van der Waals surface area (Å²) in [6.45, 7) is 5.64. The second-order valence-electron chi connectivity index (χ2n) is 14.7. The molecule has 3 unspecified atom stereocenters. The van der Waals surface area contributed by atoms with Crippen LogP contribution in [0.2, 0.25) is 10.0 Å². The minimum atomic E-state index is -0.835. The Labute approximate surface area is 352 Å². The standard InChI is InChI=1S/C24H26BrN3O3.C18H14Cl2O7/c1-27-13-17-8-21-24(30-3,19-5-4-6-20(27)22(17)19)9-15(12-28(21)2)14-31-23(29)16-7-18(25)11-26-10-16;1-5-9-16(11(20)13(22)10(5)19)26-14-6(2)8(17(23)25-4)12(21)7(3)15(14)27-18(9)24/h4-7,10-11,13,15,21H,8-9,12,14H2,1-3H3;21-22H,1-4H3. The number of piperidine rings is 1. The smallest absolute Gasteiger partial charge is 0.347 e. The van der Waals surface area contributed by atoms with Gasteiger partial charge in [-0.05, 0) is 85.4 Å². The Morgan fingerprint density at radius 1 is 0.983 bits per heavy atom. The maximum Gasteiger partial charge on any atom is 0.347 e. The largest absolute Gasteiger partial charge is 0.507 e. The van der Waals surface area contributed by atoms with E-state index in [0.717, 1.165) is 23.9 Å². The summed E-state index contributed by atoms with van der Waals surface area (Å²) in [7, 11) is 7.24. The number of pyridine rings is 1. The second kappa shape index (κ2) is 15.7. The number of phenolic OH excluding ortho intramolecular Hbond substituents is 2. The monoisotopic (exact) mass is 895 g/mol. The van der Waals surface area contributed by atoms with Crippen LogP contribution in [0, 0.1) is 26.7 Å². The summed E-state index contributed by atoms with van der Waals surface area (Å²) < 4.78 is 30.9. The number of aromatic hydroxyl groups is 2. The fraction of sp³-hybridized carbons (Fsp3) is 0.333. The van der Waals surface area contributed by atoms with E-state index in [1.165, 1.54) is 56.1 Å². The maximum absolute atomic E-state index is 12.7. The van der Waals surface area contributed by atoms with Crippen LogP contribution in [0.4, 0.5) is 0 Å². The lowest BCUT2D eigenvalue weighted by molar-refractivity contribution is -0.131. The van der Waals surface area contributed by atoms with Crippen molar-refractivity contribution in [2.24, 2.45) is 13.0 Å². The molecule has 0 spiro atoms. The molecule has 2 N–H and O–H groups in total. The van der Waals surface area contributed by atoms with Gasteiger partial charge in [-0.15, -0.1) is 0 Å². The molecular formula is C42H40BrCl2N3O10. The molecule has 2 aliphatic heterocycles. The number of likely N-dealkylation sites (N-methyl/N-ethyl adjacent to an activating group) is 1. The van der Waals surface area contributed by atoms with E-state index in [0.29, 0.717) is 12.2 Å². The van der Waals surface area contributed by atoms with Gasteiger partial charge in [0.15, 0.2) is 23.0 Å². The van der Waals surface area contributed by atoms with Gasteiger partial charge in [0.2, 0.25) is 0 Å². The fourth-order valence-corrected chi connectivity index (χ4v) is 9.34. The zero-order valence-electron chi connectivity index (χ0n) is 32.7. The summed E-state index contributed by atoms with van der Waals surface area (Å²) in [6, 6.07) is 8.47. The number of carbonyl (C=O) groups excluding carboxylic acids is 3. The summed E-state index contributed by atoms with van der Waals surface area (Å²) in [4.78, 5) is 43.7. The molecule has 0 bridgehead atoms. The molecule has 3 aliphatic rings. The van der Waals surface area contributed by atoms with Gasteiger partial charge >= 0.3 is 17.9 Å². The molecule has 0 radical (unpaired) electrons. The normalized spacial score (nSPS) is 19.4. The van der Waals surface area contributed by atoms with Gasteiger partial charge in [0.25, 0.3) is 0 Å². The zero-order valence-corrected chi connectivity index (χ0v) is 35.8. The number of aromatic nitrogens is 2. The molecule has 304 valence electrons. The van der Waals surface area contributed by atoms with E-state index in [1.807, 2.05) is 7.11 Å². The van der Waals surface area contributed by atoms with Crippen LogP contribution in [0.3, 0.4) is 0 Å². The maximum atomic E-state index is 12.7. The third-order valence-electron chi connectivity index (χ3n) is 11.3. The first-order chi connectivity index (χ1) is 27.5. The van der Waals surface area contributed by atoms with Crippen LogP contribution in [0.5, 0.6) is 28.7 Å². The van der Waals surface area contributed by atoms with Crippen molar-refractivity contribution >= 4 is 67.9 Å². The molecule has 0 amide bonds. The first-order valence-electron chi connectivity index (χ1n) is 18.2. The summed E-state index contributed by atoms with van der Waals surface area (Å²) in [5.41, 5.74) is 4.16. The second-order valence-corrected chi connectivity index (χ2v) is 16.4. The number of benzene rings is 3. The Morgan fingerprint density at radius 3 is 2.40 bits per heavy atom. The highest BCUT2D eigenvalue weighted by atomic mass is 79.9. The number of ether oxygens (including phenoxy) is 5. The highest BCUT2D eigenvalue weighted by Crippen LogP contribution is 2.53. The molecule has 1 saturated heterocycles. The van der Waals surface area contributed by atoms with Gasteiger partial charge < -0.3 is 38.5 Å². The van der Waals surface area contributed by atoms with Gasteiger partial charge in [0.1, 0.15) is 27.5 Å². The van der Waals surface area contributed by atoms with Crippen LogP contribution in [0.1, 0.15) is 65.3 Å². The zero-order chi connectivity index (χ0) is 42.0. The van der Waals surface area contributed by atoms with E-state index in [2.05, 4.69) is 68.9 Å². The number of hydrogen-bond donors (Lipinski definition) is 2. The van der Waals surface area contributed by atoms with E-state index in [-0.39, 0.29) is 73.0 Å². The average molecular weight is 898 g/mol. The van der Waals surface area contributed by atoms with Crippen LogP contribution < -0.4 is 9.47 Å². The number of nitrogens with zero attached hydrogens (tertiary/aromatic N) is 3. The molecule has 1 fully saturated rings. The summed E-state index contributed by atoms with van der Waals surface area (Å²) in [6.07, 6.45) is 7.20. The van der Waals surface area contributed by atoms with Crippen molar-refractivity contribution < 1.29 is 48.3 Å². The summed E-state index contributed by atoms with van der Waals surface area (Å²) >= 11 is 15.5. The van der Waals surface area contributed by atoms with Gasteiger partial charge in [-0.3, -0.25) is 9.88 Å². The lowest BCUT2D eigenvalue weighted by atomic mass is 9.69. The van der Waals surface area contributed by atoms with E-state index in [9.17, 15) is 24.6 Å². The van der Waals surface area contributed by atoms with E-state index in [4.69, 9.17) is 46.9 Å². The molecule has 0 saturated carbocycles. The minimum Gasteiger partial charge on any atom is -0.507 e. The highest BCUT2D eigenvalue weighted by Gasteiger charge is 2.52. The number of fused-ring (bicyclic) bond motifs is 4. The number of aryl methyl sites for hydroxylation is 1. The van der Waals surface area contributed by atoms with Crippen molar-refractivity contribution in [2.75, 3.05) is 34.4 Å². The van der Waals surface area contributed by atoms with Crippen LogP contribution in [-0.2, 0) is 33.3 Å². The summed E-state index contributed by atoms with van der Waals surface area (Å²) in [5.74, 6) is -2.91. The van der Waals surface area contributed by atoms with Crippen LogP contribution in [0.15, 0.2) is 47.3 Å². The number of phenols is 2. The topological polar surface area (TPSA) is 159 Å². The highest BCUT2D eigenvalue weighted by molar-refractivity contribution is 9.10. The Hall–Kier alpha value is -4.86. The Bertz CT molecular complexity index is 2540. The van der Waals surface area contributed by atoms with E-state index in [1.54, 1.807) is 12.3 Å². The van der Waals surface area contributed by atoms with Crippen molar-refractivity contribution in [3.05, 3.63) is 102 Å². The Morgan fingerprint density at radius 2 is 1.71 bits per heavy atom. The van der Waals surface area contributed by atoms with Crippen molar-refractivity contribution in [3.8, 4) is 28.7 Å². The minimum absolute atomic E-state index is 0.0131. The first kappa shape index (κ1) is 41.3. The molecule has 3 aromatic carbocycles. The Balaban J connectivity index is 0.000000179. The molecule has 4 heterocycles. The number of methoxy groups -OCH3 is 2. The number of likely N-dealkylation sites (tertiary alicyclic amines) is 1. The molecule has 1 aliphatic carbocycles. The van der Waals surface area contributed by atoms with Gasteiger partial charge in [-0.25, -0.2) is 14.4 Å². The molecule has 3 atom stereocenters. The number of carbonyl (C=O) groups is 3. The Kier molecular flexibility index (Phi) is 11.2. The molecule has 2 aromatic heterocycles. The van der Waals surface area contributed by atoms with Gasteiger partial charge in [0.05, 0.1) is 24.3 Å². The average Bonchev–Trinajstić information content (AvgIpc) is 3.44. The quantitative estimate of drug-likeness (QED) is 0.129. The van der Waals surface area contributed by atoms with Crippen molar-refractivity contribution in [2.45, 2.75) is 45.3 Å². The van der Waals surface area contributed by atoms with Crippen molar-refractivity contribution in [1.82, 2.24) is 14.5 Å². The predicted molar refractivity (Wildman–Crippen MR) is 219 cm³/mol. The first-order valence-corrected chi connectivity index (χ1v) is 19.7. The van der Waals surface area contributed by atoms with Gasteiger partial charge in [-0.2, -0.15) is 0 Å². The molecular weight excluding hydrogens is 857 g/mol. The third-order valence-corrected chi connectivity index (χ3v) is 12.6. The molecule has 58 heavy (non-hydrogen) atoms. The van der Waals surface area contributed by atoms with E-state index >= 15 is 0 Å². The molecule has 16 heteroatoms.